The van der Waals surface area contributed by atoms with Gasteiger partial charge in [-0.25, -0.2) is 4.68 Å². The van der Waals surface area contributed by atoms with E-state index in [9.17, 15) is 4.79 Å². The first kappa shape index (κ1) is 14.1. The third-order valence-corrected chi connectivity index (χ3v) is 2.94. The Morgan fingerprint density at radius 1 is 1.47 bits per heavy atom. The minimum atomic E-state index is -0.151. The summed E-state index contributed by atoms with van der Waals surface area (Å²) in [7, 11) is 3.28. The van der Waals surface area contributed by atoms with Crippen molar-refractivity contribution in [3.8, 4) is 0 Å². The van der Waals surface area contributed by atoms with Crippen molar-refractivity contribution in [1.29, 1.82) is 0 Å². The number of rotatable bonds is 7. The minimum Gasteiger partial charge on any atom is -0.383 e. The van der Waals surface area contributed by atoms with Crippen LogP contribution in [-0.2, 0) is 11.8 Å². The molecule has 7 heteroatoms. The van der Waals surface area contributed by atoms with Crippen molar-refractivity contribution in [2.45, 2.75) is 0 Å². The van der Waals surface area contributed by atoms with Crippen LogP contribution in [0, 0.1) is 0 Å². The Balaban J connectivity index is 2.37. The molecule has 0 aliphatic carbocycles. The number of nitrogens with one attached hydrogen (secondary N) is 2. The van der Waals surface area contributed by atoms with E-state index in [-0.39, 0.29) is 5.56 Å². The van der Waals surface area contributed by atoms with Crippen molar-refractivity contribution in [3.05, 3.63) is 21.0 Å². The Morgan fingerprint density at radius 3 is 2.94 bits per heavy atom. The molecule has 2 N–H and O–H groups in total. The van der Waals surface area contributed by atoms with Crippen LogP contribution in [0.2, 0.25) is 0 Å². The molecule has 1 aromatic rings. The Bertz CT molecular complexity index is 408. The van der Waals surface area contributed by atoms with Gasteiger partial charge in [-0.15, -0.1) is 0 Å². The van der Waals surface area contributed by atoms with Gasteiger partial charge < -0.3 is 15.4 Å². The van der Waals surface area contributed by atoms with E-state index in [2.05, 4.69) is 31.7 Å². The van der Waals surface area contributed by atoms with Crippen molar-refractivity contribution >= 4 is 21.6 Å². The lowest BCUT2D eigenvalue weighted by molar-refractivity contribution is 0.200. The molecule has 17 heavy (non-hydrogen) atoms. The van der Waals surface area contributed by atoms with Crippen molar-refractivity contribution in [3.63, 3.8) is 0 Å². The van der Waals surface area contributed by atoms with Crippen molar-refractivity contribution < 1.29 is 4.74 Å². The fraction of sp³-hybridized carbons (Fsp3) is 0.600. The molecule has 6 nitrogen and oxygen atoms in total. The topological polar surface area (TPSA) is 68.2 Å². The number of hydrogen-bond donors (Lipinski definition) is 2. The molecule has 0 radical (unpaired) electrons. The first-order valence-corrected chi connectivity index (χ1v) is 6.11. The molecule has 0 spiro atoms. The number of nitrogens with zero attached hydrogens (tertiary/aromatic N) is 2. The summed E-state index contributed by atoms with van der Waals surface area (Å²) in [5, 5.41) is 10.3. The van der Waals surface area contributed by atoms with Crippen LogP contribution in [0.3, 0.4) is 0 Å². The second-order valence-corrected chi connectivity index (χ2v) is 4.26. The summed E-state index contributed by atoms with van der Waals surface area (Å²) in [6.45, 7) is 3.02. The molecule has 0 bridgehead atoms. The quantitative estimate of drug-likeness (QED) is 0.704. The summed E-state index contributed by atoms with van der Waals surface area (Å²) < 4.78 is 6.70. The predicted octanol–water partition coefficient (Wildman–Crippen LogP) is 0.191. The number of aryl methyl sites for hydroxylation is 1. The summed E-state index contributed by atoms with van der Waals surface area (Å²) >= 11 is 3.25. The van der Waals surface area contributed by atoms with Crippen LogP contribution in [0.15, 0.2) is 15.5 Å². The van der Waals surface area contributed by atoms with Gasteiger partial charge in [0, 0.05) is 33.8 Å². The van der Waals surface area contributed by atoms with Crippen molar-refractivity contribution in [2.24, 2.45) is 7.05 Å². The molecule has 0 aromatic carbocycles. The van der Waals surface area contributed by atoms with Crippen molar-refractivity contribution in [1.82, 2.24) is 15.1 Å². The molecule has 96 valence electrons. The molecule has 0 aliphatic heterocycles. The summed E-state index contributed by atoms with van der Waals surface area (Å²) in [6, 6.07) is 0. The predicted molar refractivity (Wildman–Crippen MR) is 70.4 cm³/mol. The molecule has 0 saturated carbocycles. The SMILES string of the molecule is COCCNCCNc1cnn(C)c(=O)c1Br. The van der Waals surface area contributed by atoms with Crippen LogP contribution in [0.25, 0.3) is 0 Å². The molecular formula is C10H17BrN4O2. The van der Waals surface area contributed by atoms with E-state index in [4.69, 9.17) is 4.74 Å². The van der Waals surface area contributed by atoms with Gasteiger partial charge in [0.15, 0.2) is 0 Å². The number of ether oxygens (including phenoxy) is 1. The summed E-state index contributed by atoms with van der Waals surface area (Å²) in [6.07, 6.45) is 1.63. The van der Waals surface area contributed by atoms with Crippen LogP contribution in [0.5, 0.6) is 0 Å². The van der Waals surface area contributed by atoms with E-state index in [1.54, 1.807) is 20.4 Å². The molecule has 1 rings (SSSR count). The van der Waals surface area contributed by atoms with E-state index in [0.717, 1.165) is 19.6 Å². The molecule has 1 aromatic heterocycles. The Hall–Kier alpha value is -0.920. The van der Waals surface area contributed by atoms with Gasteiger partial charge in [-0.1, -0.05) is 0 Å². The van der Waals surface area contributed by atoms with E-state index < -0.39 is 0 Å². The lowest BCUT2D eigenvalue weighted by atomic mass is 10.4. The molecule has 0 unspecified atom stereocenters. The highest BCUT2D eigenvalue weighted by Gasteiger charge is 2.05. The van der Waals surface area contributed by atoms with Crippen LogP contribution >= 0.6 is 15.9 Å². The van der Waals surface area contributed by atoms with E-state index in [0.29, 0.717) is 16.8 Å². The number of anilines is 1. The maximum absolute atomic E-state index is 11.5. The summed E-state index contributed by atoms with van der Waals surface area (Å²) in [5.41, 5.74) is 0.559. The zero-order chi connectivity index (χ0) is 12.7. The smallest absolute Gasteiger partial charge is 0.282 e. The number of hydrogen-bond acceptors (Lipinski definition) is 5. The summed E-state index contributed by atoms with van der Waals surface area (Å²) in [4.78, 5) is 11.5. The van der Waals surface area contributed by atoms with Gasteiger partial charge in [-0.05, 0) is 15.9 Å². The van der Waals surface area contributed by atoms with Crippen molar-refractivity contribution in [2.75, 3.05) is 38.7 Å². The van der Waals surface area contributed by atoms with Crippen LogP contribution < -0.4 is 16.2 Å². The highest BCUT2D eigenvalue weighted by atomic mass is 79.9. The van der Waals surface area contributed by atoms with Gasteiger partial charge in [-0.2, -0.15) is 5.10 Å². The first-order valence-electron chi connectivity index (χ1n) is 5.32. The van der Waals surface area contributed by atoms with E-state index in [1.807, 2.05) is 0 Å². The van der Waals surface area contributed by atoms with Gasteiger partial charge in [0.1, 0.15) is 4.47 Å². The maximum atomic E-state index is 11.5. The van der Waals surface area contributed by atoms with Crippen LogP contribution in [0.4, 0.5) is 5.69 Å². The minimum absolute atomic E-state index is 0.151. The molecule has 1 heterocycles. The largest absolute Gasteiger partial charge is 0.383 e. The third kappa shape index (κ3) is 4.45. The molecular weight excluding hydrogens is 288 g/mol. The Kier molecular flexibility index (Phi) is 6.17. The molecule has 0 saturated heterocycles. The van der Waals surface area contributed by atoms with Gasteiger partial charge in [0.05, 0.1) is 18.5 Å². The monoisotopic (exact) mass is 304 g/mol. The van der Waals surface area contributed by atoms with Gasteiger partial charge in [-0.3, -0.25) is 4.79 Å². The van der Waals surface area contributed by atoms with E-state index in [1.165, 1.54) is 4.68 Å². The second kappa shape index (κ2) is 7.41. The average molecular weight is 305 g/mol. The fourth-order valence-electron chi connectivity index (χ4n) is 1.22. The lowest BCUT2D eigenvalue weighted by Crippen LogP contribution is -2.27. The second-order valence-electron chi connectivity index (χ2n) is 3.47. The zero-order valence-electron chi connectivity index (χ0n) is 9.99. The highest BCUT2D eigenvalue weighted by molar-refractivity contribution is 9.10. The molecule has 0 amide bonds. The lowest BCUT2D eigenvalue weighted by Gasteiger charge is -2.09. The number of aromatic nitrogens is 2. The third-order valence-electron chi connectivity index (χ3n) is 2.18. The Labute approximate surface area is 108 Å². The molecule has 0 fully saturated rings. The molecule has 0 aliphatic rings. The van der Waals surface area contributed by atoms with Gasteiger partial charge >= 0.3 is 0 Å². The average Bonchev–Trinajstić information content (AvgIpc) is 2.33. The van der Waals surface area contributed by atoms with Gasteiger partial charge in [0.2, 0.25) is 0 Å². The van der Waals surface area contributed by atoms with Gasteiger partial charge in [0.25, 0.3) is 5.56 Å². The fourth-order valence-corrected chi connectivity index (χ4v) is 1.72. The Morgan fingerprint density at radius 2 is 2.24 bits per heavy atom. The number of methoxy groups -OCH3 is 1. The molecule has 0 atom stereocenters. The van der Waals surface area contributed by atoms with E-state index >= 15 is 0 Å². The zero-order valence-corrected chi connectivity index (χ0v) is 11.6. The van der Waals surface area contributed by atoms with Crippen LogP contribution in [0.1, 0.15) is 0 Å². The maximum Gasteiger partial charge on any atom is 0.282 e. The normalized spacial score (nSPS) is 10.5. The standard InChI is InChI=1S/C10H17BrN4O2/c1-15-10(16)9(11)8(7-14-15)13-4-3-12-5-6-17-2/h7,12-13H,3-6H2,1-2H3. The summed E-state index contributed by atoms with van der Waals surface area (Å²) in [5.74, 6) is 0. The number of halogens is 1. The highest BCUT2D eigenvalue weighted by Crippen LogP contribution is 2.14. The van der Waals surface area contributed by atoms with Crippen LogP contribution in [-0.4, -0.2) is 43.1 Å². The first-order chi connectivity index (χ1) is 8.16.